The van der Waals surface area contributed by atoms with E-state index >= 15 is 0 Å². The summed E-state index contributed by atoms with van der Waals surface area (Å²) in [5.41, 5.74) is 0.424. The Morgan fingerprint density at radius 1 is 1.14 bits per heavy atom. The Morgan fingerprint density at radius 3 is 2.43 bits per heavy atom. The van der Waals surface area contributed by atoms with Gasteiger partial charge in [0.05, 0.1) is 10.8 Å². The van der Waals surface area contributed by atoms with Crippen LogP contribution < -0.4 is 11.1 Å². The van der Waals surface area contributed by atoms with E-state index in [1.165, 1.54) is 0 Å². The standard InChI is InChI=1S/C17H24N2O2/c1-5-10-17(4,11(3)6-2)13-9-7-8-12-14(13)16(21)19-18-15(12)20/h7-9,11H,5-6,10H2,1-4H3,(H,18,20)(H,19,21). The molecular formula is C17H24N2O2. The van der Waals surface area contributed by atoms with Crippen molar-refractivity contribution in [1.82, 2.24) is 10.2 Å². The first-order valence-corrected chi connectivity index (χ1v) is 7.69. The fourth-order valence-corrected chi connectivity index (χ4v) is 3.32. The van der Waals surface area contributed by atoms with Gasteiger partial charge in [0.15, 0.2) is 0 Å². The number of nitrogens with one attached hydrogen (secondary N) is 2. The SMILES string of the molecule is CCCC(C)(c1cccc2c(=O)[nH][nH]c(=O)c12)C(C)CC. The van der Waals surface area contributed by atoms with E-state index in [9.17, 15) is 9.59 Å². The maximum absolute atomic E-state index is 12.3. The molecule has 2 N–H and O–H groups in total. The fourth-order valence-electron chi connectivity index (χ4n) is 3.32. The lowest BCUT2D eigenvalue weighted by Crippen LogP contribution is -2.32. The summed E-state index contributed by atoms with van der Waals surface area (Å²) in [6.07, 6.45) is 3.07. The van der Waals surface area contributed by atoms with Gasteiger partial charge in [0, 0.05) is 0 Å². The van der Waals surface area contributed by atoms with Gasteiger partial charge in [-0.05, 0) is 29.4 Å². The zero-order valence-electron chi connectivity index (χ0n) is 13.2. The minimum Gasteiger partial charge on any atom is -0.267 e. The molecule has 0 fully saturated rings. The summed E-state index contributed by atoms with van der Waals surface area (Å²) in [5.74, 6) is 0.432. The molecule has 0 bridgehead atoms. The molecule has 2 rings (SSSR count). The summed E-state index contributed by atoms with van der Waals surface area (Å²) in [6, 6.07) is 5.59. The number of aromatic amines is 2. The molecule has 0 aliphatic heterocycles. The predicted molar refractivity (Wildman–Crippen MR) is 86.9 cm³/mol. The quantitative estimate of drug-likeness (QED) is 0.886. The van der Waals surface area contributed by atoms with Crippen molar-refractivity contribution in [2.75, 3.05) is 0 Å². The molecule has 1 aromatic heterocycles. The van der Waals surface area contributed by atoms with Crippen LogP contribution in [0.2, 0.25) is 0 Å². The summed E-state index contributed by atoms with van der Waals surface area (Å²) in [5, 5.41) is 5.88. The summed E-state index contributed by atoms with van der Waals surface area (Å²) >= 11 is 0. The van der Waals surface area contributed by atoms with Gasteiger partial charge >= 0.3 is 0 Å². The molecule has 114 valence electrons. The van der Waals surface area contributed by atoms with Gasteiger partial charge in [0.2, 0.25) is 0 Å². The van der Waals surface area contributed by atoms with Gasteiger partial charge in [-0.3, -0.25) is 19.8 Å². The summed E-state index contributed by atoms with van der Waals surface area (Å²) in [6.45, 7) is 8.75. The molecule has 0 saturated carbocycles. The van der Waals surface area contributed by atoms with Crippen LogP contribution in [-0.4, -0.2) is 10.2 Å². The topological polar surface area (TPSA) is 65.7 Å². The molecule has 0 radical (unpaired) electrons. The van der Waals surface area contributed by atoms with Crippen molar-refractivity contribution in [3.63, 3.8) is 0 Å². The van der Waals surface area contributed by atoms with E-state index in [0.29, 0.717) is 16.7 Å². The number of hydrogen-bond acceptors (Lipinski definition) is 2. The maximum Gasteiger partial charge on any atom is 0.270 e. The molecule has 4 heteroatoms. The van der Waals surface area contributed by atoms with Gasteiger partial charge < -0.3 is 0 Å². The Hall–Kier alpha value is -1.84. The second-order valence-electron chi connectivity index (χ2n) is 6.11. The Morgan fingerprint density at radius 2 is 1.81 bits per heavy atom. The van der Waals surface area contributed by atoms with Gasteiger partial charge in [-0.1, -0.05) is 52.7 Å². The monoisotopic (exact) mass is 288 g/mol. The highest BCUT2D eigenvalue weighted by Crippen LogP contribution is 2.40. The Bertz CT molecular complexity index is 744. The van der Waals surface area contributed by atoms with E-state index in [2.05, 4.69) is 37.9 Å². The minimum absolute atomic E-state index is 0.107. The van der Waals surface area contributed by atoms with Gasteiger partial charge in [-0.25, -0.2) is 0 Å². The average molecular weight is 288 g/mol. The number of fused-ring (bicyclic) bond motifs is 1. The number of hydrogen-bond donors (Lipinski definition) is 2. The summed E-state index contributed by atoms with van der Waals surface area (Å²) in [7, 11) is 0. The highest BCUT2D eigenvalue weighted by molar-refractivity contribution is 5.84. The number of H-pyrrole nitrogens is 2. The normalized spacial score (nSPS) is 15.8. The lowest BCUT2D eigenvalue weighted by Gasteiger charge is -2.36. The van der Waals surface area contributed by atoms with Crippen LogP contribution in [-0.2, 0) is 5.41 Å². The van der Waals surface area contributed by atoms with Crippen molar-refractivity contribution < 1.29 is 0 Å². The summed E-state index contributed by atoms with van der Waals surface area (Å²) < 4.78 is 0. The first-order valence-electron chi connectivity index (χ1n) is 7.69. The lowest BCUT2D eigenvalue weighted by atomic mass is 9.68. The maximum atomic E-state index is 12.3. The smallest absolute Gasteiger partial charge is 0.267 e. The third-order valence-corrected chi connectivity index (χ3v) is 4.91. The van der Waals surface area contributed by atoms with Crippen molar-refractivity contribution in [3.8, 4) is 0 Å². The van der Waals surface area contributed by atoms with Crippen LogP contribution in [0.3, 0.4) is 0 Å². The molecule has 0 amide bonds. The van der Waals surface area contributed by atoms with Crippen LogP contribution in [0.25, 0.3) is 10.8 Å². The fraction of sp³-hybridized carbons (Fsp3) is 0.529. The van der Waals surface area contributed by atoms with Crippen molar-refractivity contribution in [2.24, 2.45) is 5.92 Å². The third-order valence-electron chi connectivity index (χ3n) is 4.91. The van der Waals surface area contributed by atoms with Crippen LogP contribution in [0.4, 0.5) is 0 Å². The average Bonchev–Trinajstić information content (AvgIpc) is 2.49. The van der Waals surface area contributed by atoms with Crippen LogP contribution in [0.5, 0.6) is 0 Å². The third kappa shape index (κ3) is 2.55. The van der Waals surface area contributed by atoms with Crippen molar-refractivity contribution in [1.29, 1.82) is 0 Å². The molecule has 1 aromatic carbocycles. The molecule has 2 unspecified atom stereocenters. The molecule has 0 saturated heterocycles. The molecule has 0 aliphatic carbocycles. The molecule has 2 atom stereocenters. The second-order valence-corrected chi connectivity index (χ2v) is 6.11. The predicted octanol–water partition coefficient (Wildman–Crippen LogP) is 3.32. The van der Waals surface area contributed by atoms with Crippen LogP contribution in [0, 0.1) is 5.92 Å². The second kappa shape index (κ2) is 5.88. The van der Waals surface area contributed by atoms with Crippen molar-refractivity contribution in [3.05, 3.63) is 44.5 Å². The molecule has 0 aliphatic rings. The van der Waals surface area contributed by atoms with E-state index in [0.717, 1.165) is 24.8 Å². The Labute approximate surface area is 124 Å². The highest BCUT2D eigenvalue weighted by Gasteiger charge is 2.33. The van der Waals surface area contributed by atoms with E-state index in [1.807, 2.05) is 12.1 Å². The zero-order chi connectivity index (χ0) is 15.6. The summed E-state index contributed by atoms with van der Waals surface area (Å²) in [4.78, 5) is 24.3. The van der Waals surface area contributed by atoms with Gasteiger partial charge in [0.25, 0.3) is 11.1 Å². The molecule has 21 heavy (non-hydrogen) atoms. The Balaban J connectivity index is 2.84. The number of aromatic nitrogens is 2. The van der Waals surface area contributed by atoms with Crippen molar-refractivity contribution >= 4 is 10.8 Å². The number of rotatable bonds is 5. The lowest BCUT2D eigenvalue weighted by molar-refractivity contribution is 0.284. The molecule has 1 heterocycles. The van der Waals surface area contributed by atoms with Crippen LogP contribution in [0.1, 0.15) is 52.5 Å². The first-order chi connectivity index (χ1) is 9.95. The van der Waals surface area contributed by atoms with Crippen LogP contribution >= 0.6 is 0 Å². The van der Waals surface area contributed by atoms with E-state index in [4.69, 9.17) is 0 Å². The number of benzene rings is 1. The van der Waals surface area contributed by atoms with E-state index in [-0.39, 0.29) is 16.5 Å². The minimum atomic E-state index is -0.241. The molecule has 2 aromatic rings. The van der Waals surface area contributed by atoms with E-state index < -0.39 is 0 Å². The Kier molecular flexibility index (Phi) is 4.35. The zero-order valence-corrected chi connectivity index (χ0v) is 13.2. The first kappa shape index (κ1) is 15.5. The van der Waals surface area contributed by atoms with Crippen LogP contribution in [0.15, 0.2) is 27.8 Å². The largest absolute Gasteiger partial charge is 0.270 e. The van der Waals surface area contributed by atoms with E-state index in [1.54, 1.807) is 6.07 Å². The molecule has 0 spiro atoms. The van der Waals surface area contributed by atoms with Gasteiger partial charge in [0.1, 0.15) is 0 Å². The highest BCUT2D eigenvalue weighted by atomic mass is 16.1. The molecular weight excluding hydrogens is 264 g/mol. The molecule has 4 nitrogen and oxygen atoms in total. The van der Waals surface area contributed by atoms with Crippen molar-refractivity contribution in [2.45, 2.75) is 52.4 Å². The van der Waals surface area contributed by atoms with Gasteiger partial charge in [-0.15, -0.1) is 0 Å². The van der Waals surface area contributed by atoms with Gasteiger partial charge in [-0.2, -0.15) is 0 Å².